The Kier molecular flexibility index (Phi) is 3.01. The normalized spacial score (nSPS) is 22.4. The molecular weight excluding hydrogens is 282 g/mol. The lowest BCUT2D eigenvalue weighted by atomic mass is 10.0. The molecule has 3 rings (SSSR count). The van der Waals surface area contributed by atoms with Crippen molar-refractivity contribution < 1.29 is 9.47 Å². The Balaban J connectivity index is 2.09. The molecule has 2 aliphatic heterocycles. The first kappa shape index (κ1) is 11.4. The van der Waals surface area contributed by atoms with Gasteiger partial charge in [0.05, 0.1) is 13.7 Å². The molecule has 3 nitrogen and oxygen atoms in total. The van der Waals surface area contributed by atoms with Crippen molar-refractivity contribution in [1.29, 1.82) is 0 Å². The maximum Gasteiger partial charge on any atom is 0.165 e. The van der Waals surface area contributed by atoms with Crippen molar-refractivity contribution in [1.82, 2.24) is 5.32 Å². The van der Waals surface area contributed by atoms with Gasteiger partial charge in [0.2, 0.25) is 0 Å². The number of hydrogen-bond donors (Lipinski definition) is 1. The summed E-state index contributed by atoms with van der Waals surface area (Å²) in [5.74, 6) is 1.78. The molecule has 1 aromatic rings. The average molecular weight is 298 g/mol. The molecule has 4 heteroatoms. The monoisotopic (exact) mass is 297 g/mol. The maximum absolute atomic E-state index is 5.64. The van der Waals surface area contributed by atoms with Crippen LogP contribution in [0.25, 0.3) is 0 Å². The first-order chi connectivity index (χ1) is 8.31. The molecule has 0 aliphatic carbocycles. The van der Waals surface area contributed by atoms with Crippen LogP contribution in [0.2, 0.25) is 0 Å². The van der Waals surface area contributed by atoms with Crippen molar-refractivity contribution in [2.45, 2.75) is 25.3 Å². The van der Waals surface area contributed by atoms with E-state index >= 15 is 0 Å². The number of fused-ring (bicyclic) bond motifs is 1. The zero-order valence-electron chi connectivity index (χ0n) is 9.88. The van der Waals surface area contributed by atoms with Crippen molar-refractivity contribution in [2.75, 3.05) is 20.3 Å². The smallest absolute Gasteiger partial charge is 0.165 e. The van der Waals surface area contributed by atoms with Gasteiger partial charge in [-0.25, -0.2) is 0 Å². The summed E-state index contributed by atoms with van der Waals surface area (Å²) in [6.45, 7) is 1.86. The lowest BCUT2D eigenvalue weighted by Crippen LogP contribution is -2.14. The molecule has 0 radical (unpaired) electrons. The number of methoxy groups -OCH3 is 1. The molecule has 1 N–H and O–H groups in total. The Morgan fingerprint density at radius 3 is 3.12 bits per heavy atom. The molecule has 0 spiro atoms. The van der Waals surface area contributed by atoms with Crippen molar-refractivity contribution in [3.8, 4) is 11.5 Å². The summed E-state index contributed by atoms with van der Waals surface area (Å²) < 4.78 is 12.3. The van der Waals surface area contributed by atoms with Crippen LogP contribution in [-0.2, 0) is 6.42 Å². The summed E-state index contributed by atoms with van der Waals surface area (Å²) in [5.41, 5.74) is 2.57. The number of halogens is 1. The first-order valence-corrected chi connectivity index (χ1v) is 6.86. The van der Waals surface area contributed by atoms with Gasteiger partial charge < -0.3 is 14.8 Å². The highest BCUT2D eigenvalue weighted by atomic mass is 79.9. The summed E-state index contributed by atoms with van der Waals surface area (Å²) >= 11 is 3.73. The summed E-state index contributed by atoms with van der Waals surface area (Å²) in [5, 5.41) is 3.53. The minimum atomic E-state index is 0.448. The molecule has 0 saturated carbocycles. The van der Waals surface area contributed by atoms with Crippen LogP contribution in [0.4, 0.5) is 0 Å². The number of rotatable bonds is 2. The molecule has 0 amide bonds. The molecule has 2 aliphatic rings. The fourth-order valence-electron chi connectivity index (χ4n) is 2.68. The molecule has 0 aromatic heterocycles. The Labute approximate surface area is 110 Å². The van der Waals surface area contributed by atoms with Crippen LogP contribution < -0.4 is 14.8 Å². The predicted molar refractivity (Wildman–Crippen MR) is 69.9 cm³/mol. The van der Waals surface area contributed by atoms with Crippen LogP contribution in [0.5, 0.6) is 11.5 Å². The van der Waals surface area contributed by atoms with Crippen molar-refractivity contribution >= 4 is 15.9 Å². The van der Waals surface area contributed by atoms with E-state index in [2.05, 4.69) is 27.3 Å². The lowest BCUT2D eigenvalue weighted by Gasteiger charge is -2.17. The highest BCUT2D eigenvalue weighted by Crippen LogP contribution is 2.45. The first-order valence-electron chi connectivity index (χ1n) is 6.06. The Bertz CT molecular complexity index is 442. The van der Waals surface area contributed by atoms with E-state index in [0.717, 1.165) is 31.1 Å². The average Bonchev–Trinajstić information content (AvgIpc) is 3.00. The molecule has 1 aromatic carbocycles. The topological polar surface area (TPSA) is 30.5 Å². The van der Waals surface area contributed by atoms with E-state index in [-0.39, 0.29) is 0 Å². The Morgan fingerprint density at radius 2 is 2.41 bits per heavy atom. The van der Waals surface area contributed by atoms with E-state index < -0.39 is 0 Å². The number of hydrogen-bond acceptors (Lipinski definition) is 3. The van der Waals surface area contributed by atoms with E-state index in [1.54, 1.807) is 7.11 Å². The van der Waals surface area contributed by atoms with Crippen LogP contribution in [-0.4, -0.2) is 20.3 Å². The highest BCUT2D eigenvalue weighted by molar-refractivity contribution is 9.10. The van der Waals surface area contributed by atoms with Gasteiger partial charge >= 0.3 is 0 Å². The van der Waals surface area contributed by atoms with E-state index in [4.69, 9.17) is 9.47 Å². The van der Waals surface area contributed by atoms with Gasteiger partial charge in [-0.1, -0.05) is 15.9 Å². The predicted octanol–water partition coefficient (Wildman–Crippen LogP) is 2.82. The summed E-state index contributed by atoms with van der Waals surface area (Å²) in [7, 11) is 1.71. The van der Waals surface area contributed by atoms with E-state index in [0.29, 0.717) is 6.04 Å². The van der Waals surface area contributed by atoms with E-state index in [1.807, 2.05) is 0 Å². The third-order valence-corrected chi connectivity index (χ3v) is 4.49. The summed E-state index contributed by atoms with van der Waals surface area (Å²) in [4.78, 5) is 0. The minimum Gasteiger partial charge on any atom is -0.493 e. The zero-order valence-corrected chi connectivity index (χ0v) is 11.5. The second kappa shape index (κ2) is 4.50. The zero-order chi connectivity index (χ0) is 11.8. The number of nitrogens with one attached hydrogen (secondary N) is 1. The van der Waals surface area contributed by atoms with Gasteiger partial charge in [-0.05, 0) is 31.0 Å². The van der Waals surface area contributed by atoms with Gasteiger partial charge in [-0.2, -0.15) is 0 Å². The van der Waals surface area contributed by atoms with Crippen molar-refractivity contribution in [3.63, 3.8) is 0 Å². The molecule has 17 heavy (non-hydrogen) atoms. The molecular formula is C13H16BrNO2. The van der Waals surface area contributed by atoms with E-state index in [9.17, 15) is 0 Å². The molecule has 1 atom stereocenters. The third kappa shape index (κ3) is 1.83. The second-order valence-electron chi connectivity index (χ2n) is 4.54. The fourth-order valence-corrected chi connectivity index (χ4v) is 3.45. The number of ether oxygens (including phenoxy) is 2. The van der Waals surface area contributed by atoms with Gasteiger partial charge in [-0.3, -0.25) is 0 Å². The maximum atomic E-state index is 5.64. The van der Waals surface area contributed by atoms with Crippen LogP contribution in [0.1, 0.15) is 30.0 Å². The molecule has 1 fully saturated rings. The van der Waals surface area contributed by atoms with Crippen LogP contribution >= 0.6 is 15.9 Å². The van der Waals surface area contributed by atoms with Gasteiger partial charge in [0.1, 0.15) is 0 Å². The SMILES string of the molecule is COc1cc(C2CCCN2)c(Br)c2c1OCC2. The molecule has 1 saturated heterocycles. The minimum absolute atomic E-state index is 0.448. The molecule has 0 bridgehead atoms. The second-order valence-corrected chi connectivity index (χ2v) is 5.33. The molecule has 92 valence electrons. The van der Waals surface area contributed by atoms with Crippen LogP contribution in [0.15, 0.2) is 10.5 Å². The van der Waals surface area contributed by atoms with Crippen LogP contribution in [0.3, 0.4) is 0 Å². The van der Waals surface area contributed by atoms with E-state index in [1.165, 1.54) is 28.4 Å². The Hall–Kier alpha value is -0.740. The third-order valence-electron chi connectivity index (χ3n) is 3.56. The fraction of sp³-hybridized carbons (Fsp3) is 0.538. The summed E-state index contributed by atoms with van der Waals surface area (Å²) in [6.07, 6.45) is 3.40. The number of benzene rings is 1. The highest BCUT2D eigenvalue weighted by Gasteiger charge is 2.27. The van der Waals surface area contributed by atoms with Crippen molar-refractivity contribution in [3.05, 3.63) is 21.7 Å². The quantitative estimate of drug-likeness (QED) is 0.910. The van der Waals surface area contributed by atoms with Gasteiger partial charge in [0.15, 0.2) is 11.5 Å². The van der Waals surface area contributed by atoms with Gasteiger partial charge in [-0.15, -0.1) is 0 Å². The summed E-state index contributed by atoms with van der Waals surface area (Å²) in [6, 6.07) is 2.56. The lowest BCUT2D eigenvalue weighted by molar-refractivity contribution is 0.325. The Morgan fingerprint density at radius 1 is 1.53 bits per heavy atom. The van der Waals surface area contributed by atoms with Gasteiger partial charge in [0, 0.05) is 22.5 Å². The van der Waals surface area contributed by atoms with Crippen molar-refractivity contribution in [2.24, 2.45) is 0 Å². The molecule has 2 heterocycles. The standard InChI is InChI=1S/C13H16BrNO2/c1-16-11-7-9(10-3-2-5-15-10)12(14)8-4-6-17-13(8)11/h7,10,15H,2-6H2,1H3. The van der Waals surface area contributed by atoms with Crippen LogP contribution in [0, 0.1) is 0 Å². The van der Waals surface area contributed by atoms with Gasteiger partial charge in [0.25, 0.3) is 0 Å². The largest absolute Gasteiger partial charge is 0.493 e. The molecule has 1 unspecified atom stereocenters.